The van der Waals surface area contributed by atoms with Gasteiger partial charge in [-0.2, -0.15) is 0 Å². The number of rotatable bonds is 1. The van der Waals surface area contributed by atoms with Crippen molar-refractivity contribution >= 4 is 11.6 Å². The monoisotopic (exact) mass is 180 g/mol. The molecule has 0 spiro atoms. The fourth-order valence-electron chi connectivity index (χ4n) is 1.42. The van der Waals surface area contributed by atoms with Gasteiger partial charge in [0.2, 0.25) is 0 Å². The van der Waals surface area contributed by atoms with Crippen molar-refractivity contribution in [3.63, 3.8) is 0 Å². The number of hydrogen-bond acceptors (Lipinski definition) is 4. The van der Waals surface area contributed by atoms with Gasteiger partial charge in [0.15, 0.2) is 6.23 Å². The van der Waals surface area contributed by atoms with Crippen LogP contribution in [0.5, 0.6) is 0 Å². The molecule has 1 amide bonds. The third-order valence-electron chi connectivity index (χ3n) is 2.01. The summed E-state index contributed by atoms with van der Waals surface area (Å²) in [4.78, 5) is 11.2. The molecule has 1 heterocycles. The second-order valence-corrected chi connectivity index (χ2v) is 2.76. The van der Waals surface area contributed by atoms with Crippen LogP contribution < -0.4 is 10.8 Å². The molecule has 0 saturated carbocycles. The molecule has 68 valence electrons. The van der Waals surface area contributed by atoms with Gasteiger partial charge in [-0.1, -0.05) is 12.1 Å². The predicted molar refractivity (Wildman–Crippen MR) is 44.3 cm³/mol. The molecule has 5 heteroatoms. The van der Waals surface area contributed by atoms with E-state index in [4.69, 9.17) is 5.21 Å². The zero-order valence-electron chi connectivity index (χ0n) is 6.61. The number of hydrogen-bond donors (Lipinski definition) is 4. The van der Waals surface area contributed by atoms with Crippen LogP contribution in [-0.4, -0.2) is 16.2 Å². The first-order valence-corrected chi connectivity index (χ1v) is 3.76. The van der Waals surface area contributed by atoms with E-state index in [2.05, 4.69) is 5.32 Å². The van der Waals surface area contributed by atoms with E-state index in [-0.39, 0.29) is 11.5 Å². The van der Waals surface area contributed by atoms with Gasteiger partial charge >= 0.3 is 0 Å². The highest BCUT2D eigenvalue weighted by molar-refractivity contribution is 6.03. The van der Waals surface area contributed by atoms with Crippen LogP contribution in [0.2, 0.25) is 0 Å². The molecule has 0 radical (unpaired) electrons. The van der Waals surface area contributed by atoms with Crippen LogP contribution in [0.1, 0.15) is 22.1 Å². The highest BCUT2D eigenvalue weighted by atomic mass is 16.5. The minimum absolute atomic E-state index is 0.289. The fourth-order valence-corrected chi connectivity index (χ4v) is 1.42. The molecule has 1 aliphatic rings. The molecular weight excluding hydrogens is 172 g/mol. The summed E-state index contributed by atoms with van der Waals surface area (Å²) in [6.07, 6.45) is -0.976. The van der Waals surface area contributed by atoms with Gasteiger partial charge in [0, 0.05) is 5.56 Å². The highest BCUT2D eigenvalue weighted by Crippen LogP contribution is 2.28. The molecule has 5 nitrogen and oxygen atoms in total. The second kappa shape index (κ2) is 2.72. The van der Waals surface area contributed by atoms with Crippen LogP contribution in [-0.2, 0) is 0 Å². The number of nitrogens with one attached hydrogen (secondary N) is 2. The number of amides is 1. The van der Waals surface area contributed by atoms with Crippen molar-refractivity contribution in [1.29, 1.82) is 0 Å². The number of benzene rings is 1. The molecule has 2 rings (SSSR count). The average Bonchev–Trinajstić information content (AvgIpc) is 2.43. The van der Waals surface area contributed by atoms with Crippen molar-refractivity contribution < 1.29 is 15.1 Å². The third kappa shape index (κ3) is 1.06. The van der Waals surface area contributed by atoms with Crippen LogP contribution in [0.4, 0.5) is 5.69 Å². The molecule has 1 unspecified atom stereocenters. The maximum atomic E-state index is 11.2. The summed E-state index contributed by atoms with van der Waals surface area (Å²) in [5.41, 5.74) is 2.97. The molecule has 1 aliphatic heterocycles. The molecular formula is C8H8N2O3. The minimum Gasteiger partial charge on any atom is -0.369 e. The number of carbonyl (C=O) groups is 1. The Kier molecular flexibility index (Phi) is 1.68. The summed E-state index contributed by atoms with van der Waals surface area (Å²) in [5.74, 6) is -0.389. The number of carbonyl (C=O) groups excluding carboxylic acids is 1. The van der Waals surface area contributed by atoms with E-state index in [1.807, 2.05) is 5.48 Å². The number of aliphatic hydroxyl groups excluding tert-OH is 1. The first kappa shape index (κ1) is 8.03. The normalized spacial score (nSPS) is 19.5. The standard InChI is InChI=1S/C8H8N2O3/c11-7-4-2-1-3-5(10-13)6(4)8(12)9-7/h1-3,7,10-11,13H,(H,9,12). The lowest BCUT2D eigenvalue weighted by Gasteiger charge is -2.04. The van der Waals surface area contributed by atoms with Crippen molar-refractivity contribution in [1.82, 2.24) is 5.32 Å². The Morgan fingerprint density at radius 1 is 1.46 bits per heavy atom. The minimum atomic E-state index is -0.976. The lowest BCUT2D eigenvalue weighted by molar-refractivity contribution is 0.0850. The van der Waals surface area contributed by atoms with Crippen molar-refractivity contribution in [3.05, 3.63) is 29.3 Å². The van der Waals surface area contributed by atoms with Gasteiger partial charge in [0.25, 0.3) is 5.91 Å². The summed E-state index contributed by atoms with van der Waals surface area (Å²) in [6, 6.07) is 4.82. The number of aliphatic hydroxyl groups is 1. The summed E-state index contributed by atoms with van der Waals surface area (Å²) in [5, 5.41) is 20.3. The van der Waals surface area contributed by atoms with Crippen molar-refractivity contribution in [3.8, 4) is 0 Å². The number of fused-ring (bicyclic) bond motifs is 1. The van der Waals surface area contributed by atoms with Gasteiger partial charge in [-0.25, -0.2) is 0 Å². The maximum Gasteiger partial charge on any atom is 0.256 e. The highest BCUT2D eigenvalue weighted by Gasteiger charge is 2.28. The van der Waals surface area contributed by atoms with E-state index in [0.717, 1.165) is 0 Å². The zero-order valence-corrected chi connectivity index (χ0v) is 6.61. The fraction of sp³-hybridized carbons (Fsp3) is 0.125. The molecule has 0 bridgehead atoms. The van der Waals surface area contributed by atoms with Crippen molar-refractivity contribution in [2.45, 2.75) is 6.23 Å². The van der Waals surface area contributed by atoms with E-state index >= 15 is 0 Å². The van der Waals surface area contributed by atoms with Crippen molar-refractivity contribution in [2.75, 3.05) is 5.48 Å². The lowest BCUT2D eigenvalue weighted by atomic mass is 10.1. The summed E-state index contributed by atoms with van der Waals surface area (Å²) in [7, 11) is 0. The Bertz CT molecular complexity index is 364. The molecule has 0 fully saturated rings. The quantitative estimate of drug-likeness (QED) is 0.466. The van der Waals surface area contributed by atoms with Crippen LogP contribution in [0, 0.1) is 0 Å². The summed E-state index contributed by atoms with van der Waals surface area (Å²) < 4.78 is 0. The van der Waals surface area contributed by atoms with E-state index < -0.39 is 6.23 Å². The van der Waals surface area contributed by atoms with Gasteiger partial charge in [0.1, 0.15) is 0 Å². The topological polar surface area (TPSA) is 81.6 Å². The Morgan fingerprint density at radius 3 is 2.92 bits per heavy atom. The molecule has 4 N–H and O–H groups in total. The van der Waals surface area contributed by atoms with E-state index in [1.165, 1.54) is 0 Å². The SMILES string of the molecule is O=C1NC(O)c2cccc(NO)c21. The smallest absolute Gasteiger partial charge is 0.256 e. The Labute approximate surface area is 74.0 Å². The molecule has 0 aliphatic carbocycles. The Morgan fingerprint density at radius 2 is 2.23 bits per heavy atom. The van der Waals surface area contributed by atoms with E-state index in [9.17, 15) is 9.90 Å². The van der Waals surface area contributed by atoms with Gasteiger partial charge in [-0.15, -0.1) is 0 Å². The average molecular weight is 180 g/mol. The Balaban J connectivity index is 2.62. The predicted octanol–water partition coefficient (Wildman–Crippen LogP) is 0.222. The molecule has 0 aromatic heterocycles. The van der Waals surface area contributed by atoms with Crippen LogP contribution in [0.3, 0.4) is 0 Å². The van der Waals surface area contributed by atoms with Gasteiger partial charge in [-0.05, 0) is 6.07 Å². The van der Waals surface area contributed by atoms with Crippen LogP contribution in [0.15, 0.2) is 18.2 Å². The van der Waals surface area contributed by atoms with Gasteiger partial charge in [-0.3, -0.25) is 15.5 Å². The van der Waals surface area contributed by atoms with Crippen LogP contribution >= 0.6 is 0 Å². The summed E-state index contributed by atoms with van der Waals surface area (Å²) >= 11 is 0. The molecule has 1 atom stereocenters. The number of anilines is 1. The zero-order chi connectivity index (χ0) is 9.42. The van der Waals surface area contributed by atoms with Crippen molar-refractivity contribution in [2.24, 2.45) is 0 Å². The van der Waals surface area contributed by atoms with Gasteiger partial charge < -0.3 is 10.4 Å². The van der Waals surface area contributed by atoms with E-state index in [0.29, 0.717) is 11.3 Å². The van der Waals surface area contributed by atoms with Crippen LogP contribution in [0.25, 0.3) is 0 Å². The van der Waals surface area contributed by atoms with E-state index in [1.54, 1.807) is 18.2 Å². The molecule has 13 heavy (non-hydrogen) atoms. The maximum absolute atomic E-state index is 11.2. The largest absolute Gasteiger partial charge is 0.369 e. The first-order valence-electron chi connectivity index (χ1n) is 3.76. The summed E-state index contributed by atoms with van der Waals surface area (Å²) in [6.45, 7) is 0. The lowest BCUT2D eigenvalue weighted by Crippen LogP contribution is -2.18. The van der Waals surface area contributed by atoms with Gasteiger partial charge in [0.05, 0.1) is 11.3 Å². The third-order valence-corrected chi connectivity index (χ3v) is 2.01. The first-order chi connectivity index (χ1) is 6.24. The molecule has 1 aromatic carbocycles. The molecule has 1 aromatic rings. The second-order valence-electron chi connectivity index (χ2n) is 2.76. The Hall–Kier alpha value is -1.59. The molecule has 0 saturated heterocycles.